The Balaban J connectivity index is 2.24. The molecule has 15 heavy (non-hydrogen) atoms. The van der Waals surface area contributed by atoms with E-state index in [1.54, 1.807) is 11.3 Å². The summed E-state index contributed by atoms with van der Waals surface area (Å²) in [5.41, 5.74) is 1.51. The monoisotopic (exact) mass is 241 g/mol. The van der Waals surface area contributed by atoms with Crippen LogP contribution < -0.4 is 5.32 Å². The van der Waals surface area contributed by atoms with Crippen molar-refractivity contribution in [2.45, 2.75) is 31.7 Å². The average molecular weight is 242 g/mol. The highest BCUT2D eigenvalue weighted by molar-refractivity contribution is 7.10. The fourth-order valence-electron chi connectivity index (χ4n) is 2.12. The molecule has 1 aromatic heterocycles. The Morgan fingerprint density at radius 2 is 2.33 bits per heavy atom. The molecule has 0 aliphatic heterocycles. The van der Waals surface area contributed by atoms with Crippen LogP contribution in [0.5, 0.6) is 0 Å². The second-order valence-corrected chi connectivity index (χ2v) is 5.23. The average Bonchev–Trinajstić information content (AvgIpc) is 2.68. The summed E-state index contributed by atoms with van der Waals surface area (Å²) < 4.78 is 0. The van der Waals surface area contributed by atoms with Gasteiger partial charge in [0.2, 0.25) is 0 Å². The van der Waals surface area contributed by atoms with Crippen molar-refractivity contribution < 1.29 is 0 Å². The van der Waals surface area contributed by atoms with Crippen LogP contribution >= 0.6 is 22.9 Å². The molecule has 0 aromatic carbocycles. The van der Waals surface area contributed by atoms with Gasteiger partial charge in [0.25, 0.3) is 0 Å². The maximum absolute atomic E-state index is 6.18. The standard InChI is InChI=1S/C12H16ClNS/c1-14-11(9-5-3-2-4-6-9)12-10(13)7-8-15-12/h5,7-8,11,14H,2-4,6H2,1H3. The topological polar surface area (TPSA) is 12.0 Å². The van der Waals surface area contributed by atoms with Gasteiger partial charge in [-0.15, -0.1) is 11.3 Å². The largest absolute Gasteiger partial charge is 0.309 e. The van der Waals surface area contributed by atoms with Crippen molar-refractivity contribution in [2.75, 3.05) is 7.05 Å². The van der Waals surface area contributed by atoms with Crippen molar-refractivity contribution >= 4 is 22.9 Å². The Kier molecular flexibility index (Phi) is 3.84. The number of likely N-dealkylation sites (N-methyl/N-ethyl adjacent to an activating group) is 1. The first kappa shape index (κ1) is 11.2. The zero-order valence-electron chi connectivity index (χ0n) is 8.92. The molecule has 0 bridgehead atoms. The van der Waals surface area contributed by atoms with Gasteiger partial charge in [-0.1, -0.05) is 23.3 Å². The van der Waals surface area contributed by atoms with E-state index in [0.29, 0.717) is 6.04 Å². The van der Waals surface area contributed by atoms with E-state index in [0.717, 1.165) is 5.02 Å². The summed E-state index contributed by atoms with van der Waals surface area (Å²) >= 11 is 7.92. The minimum absolute atomic E-state index is 0.331. The smallest absolute Gasteiger partial charge is 0.0643 e. The van der Waals surface area contributed by atoms with Crippen LogP contribution in [0, 0.1) is 0 Å². The van der Waals surface area contributed by atoms with Crippen molar-refractivity contribution in [3.8, 4) is 0 Å². The lowest BCUT2D eigenvalue weighted by atomic mass is 9.93. The van der Waals surface area contributed by atoms with Crippen molar-refractivity contribution in [1.82, 2.24) is 5.32 Å². The number of nitrogens with one attached hydrogen (secondary N) is 1. The Morgan fingerprint density at radius 1 is 1.47 bits per heavy atom. The van der Waals surface area contributed by atoms with E-state index < -0.39 is 0 Å². The van der Waals surface area contributed by atoms with Gasteiger partial charge in [-0.3, -0.25) is 0 Å². The SMILES string of the molecule is CNC(C1=CCCCC1)c1sccc1Cl. The van der Waals surface area contributed by atoms with Gasteiger partial charge in [-0.05, 0) is 44.2 Å². The van der Waals surface area contributed by atoms with Gasteiger partial charge in [0, 0.05) is 4.88 Å². The number of allylic oxidation sites excluding steroid dienone is 1. The van der Waals surface area contributed by atoms with Gasteiger partial charge in [0.05, 0.1) is 11.1 Å². The highest BCUT2D eigenvalue weighted by atomic mass is 35.5. The summed E-state index contributed by atoms with van der Waals surface area (Å²) in [6.45, 7) is 0. The zero-order chi connectivity index (χ0) is 10.7. The van der Waals surface area contributed by atoms with Crippen LogP contribution in [0.2, 0.25) is 5.02 Å². The Bertz CT molecular complexity index is 356. The first-order chi connectivity index (χ1) is 7.33. The molecule has 0 saturated heterocycles. The molecule has 1 unspecified atom stereocenters. The molecule has 0 amide bonds. The van der Waals surface area contributed by atoms with E-state index in [-0.39, 0.29) is 0 Å². The van der Waals surface area contributed by atoms with Crippen molar-refractivity contribution in [2.24, 2.45) is 0 Å². The molecule has 1 nitrogen and oxygen atoms in total. The predicted molar refractivity (Wildman–Crippen MR) is 67.7 cm³/mol. The first-order valence-electron chi connectivity index (χ1n) is 5.42. The molecule has 1 heterocycles. The van der Waals surface area contributed by atoms with Crippen LogP contribution in [0.15, 0.2) is 23.1 Å². The molecule has 1 aliphatic rings. The number of thiophene rings is 1. The summed E-state index contributed by atoms with van der Waals surface area (Å²) in [4.78, 5) is 1.26. The zero-order valence-corrected chi connectivity index (χ0v) is 10.5. The third-order valence-electron chi connectivity index (χ3n) is 2.89. The molecular formula is C12H16ClNS. The molecule has 82 valence electrons. The van der Waals surface area contributed by atoms with Gasteiger partial charge in [0.1, 0.15) is 0 Å². The van der Waals surface area contributed by atoms with Gasteiger partial charge in [-0.25, -0.2) is 0 Å². The lowest BCUT2D eigenvalue weighted by Crippen LogP contribution is -2.19. The molecule has 0 spiro atoms. The number of halogens is 1. The minimum atomic E-state index is 0.331. The molecule has 3 heteroatoms. The quantitative estimate of drug-likeness (QED) is 0.784. The fourth-order valence-corrected chi connectivity index (χ4v) is 3.44. The molecule has 1 aromatic rings. The molecule has 1 N–H and O–H groups in total. The molecule has 0 fully saturated rings. The van der Waals surface area contributed by atoms with Crippen LogP contribution in [0.25, 0.3) is 0 Å². The molecule has 1 aliphatic carbocycles. The van der Waals surface area contributed by atoms with Crippen molar-refractivity contribution in [3.63, 3.8) is 0 Å². The summed E-state index contributed by atoms with van der Waals surface area (Å²) in [5, 5.41) is 6.33. The molecule has 0 saturated carbocycles. The Hall–Kier alpha value is -0.310. The van der Waals surface area contributed by atoms with Crippen LogP contribution in [-0.4, -0.2) is 7.05 Å². The lowest BCUT2D eigenvalue weighted by Gasteiger charge is -2.22. The molecule has 1 atom stereocenters. The van der Waals surface area contributed by atoms with Gasteiger partial charge >= 0.3 is 0 Å². The highest BCUT2D eigenvalue weighted by Gasteiger charge is 2.19. The third kappa shape index (κ3) is 2.44. The summed E-state index contributed by atoms with van der Waals surface area (Å²) in [6.07, 6.45) is 7.45. The summed E-state index contributed by atoms with van der Waals surface area (Å²) in [5.74, 6) is 0. The maximum atomic E-state index is 6.18. The van der Waals surface area contributed by atoms with E-state index >= 15 is 0 Å². The van der Waals surface area contributed by atoms with Crippen LogP contribution in [0.3, 0.4) is 0 Å². The third-order valence-corrected chi connectivity index (χ3v) is 4.32. The fraction of sp³-hybridized carbons (Fsp3) is 0.500. The molecular weight excluding hydrogens is 226 g/mol. The first-order valence-corrected chi connectivity index (χ1v) is 6.67. The van der Waals surface area contributed by atoms with Crippen LogP contribution in [-0.2, 0) is 0 Å². The number of hydrogen-bond acceptors (Lipinski definition) is 2. The van der Waals surface area contributed by atoms with E-state index in [1.165, 1.54) is 36.1 Å². The van der Waals surface area contributed by atoms with Crippen molar-refractivity contribution in [1.29, 1.82) is 0 Å². The number of hydrogen-bond donors (Lipinski definition) is 1. The van der Waals surface area contributed by atoms with E-state index in [4.69, 9.17) is 11.6 Å². The number of rotatable bonds is 3. The normalized spacial score (nSPS) is 18.7. The van der Waals surface area contributed by atoms with Crippen molar-refractivity contribution in [3.05, 3.63) is 33.0 Å². The molecule has 2 rings (SSSR count). The van der Waals surface area contributed by atoms with E-state index in [2.05, 4.69) is 16.8 Å². The van der Waals surface area contributed by atoms with E-state index in [9.17, 15) is 0 Å². The maximum Gasteiger partial charge on any atom is 0.0643 e. The Labute approximate surface area is 100 Å². The van der Waals surface area contributed by atoms with Gasteiger partial charge in [-0.2, -0.15) is 0 Å². The van der Waals surface area contributed by atoms with E-state index in [1.807, 2.05) is 13.1 Å². The predicted octanol–water partition coefficient (Wildman–Crippen LogP) is 4.16. The lowest BCUT2D eigenvalue weighted by molar-refractivity contribution is 0.599. The Morgan fingerprint density at radius 3 is 2.87 bits per heavy atom. The van der Waals surface area contributed by atoms with Gasteiger partial charge in [0.15, 0.2) is 0 Å². The summed E-state index contributed by atoms with van der Waals surface area (Å²) in [6, 6.07) is 2.31. The minimum Gasteiger partial charge on any atom is -0.309 e. The second-order valence-electron chi connectivity index (χ2n) is 3.88. The second kappa shape index (κ2) is 5.15. The van der Waals surface area contributed by atoms with Crippen LogP contribution in [0.4, 0.5) is 0 Å². The summed E-state index contributed by atoms with van der Waals surface area (Å²) in [7, 11) is 2.01. The van der Waals surface area contributed by atoms with Crippen LogP contribution in [0.1, 0.15) is 36.6 Å². The highest BCUT2D eigenvalue weighted by Crippen LogP contribution is 2.36. The molecule has 0 radical (unpaired) electrons. The van der Waals surface area contributed by atoms with Gasteiger partial charge < -0.3 is 5.32 Å².